The fraction of sp³-hybridized carbons (Fsp3) is 0.444. The molecule has 0 bridgehead atoms. The van der Waals surface area contributed by atoms with Crippen molar-refractivity contribution in [2.45, 2.75) is 23.9 Å². The van der Waals surface area contributed by atoms with Crippen LogP contribution in [0.1, 0.15) is 12.8 Å². The van der Waals surface area contributed by atoms with Crippen LogP contribution < -0.4 is 4.74 Å². The van der Waals surface area contributed by atoms with Crippen LogP contribution in [0.3, 0.4) is 0 Å². The summed E-state index contributed by atoms with van der Waals surface area (Å²) in [4.78, 5) is 3.25. The Morgan fingerprint density at radius 2 is 2.06 bits per heavy atom. The van der Waals surface area contributed by atoms with E-state index >= 15 is 0 Å². The van der Waals surface area contributed by atoms with Crippen LogP contribution in [0.15, 0.2) is 23.2 Å². The van der Waals surface area contributed by atoms with Gasteiger partial charge in [-0.3, -0.25) is 0 Å². The number of halogens is 4. The molecular formula is C9H9ClF3NO3S. The Kier molecular flexibility index (Phi) is 4.80. The molecule has 0 aromatic carbocycles. The fourth-order valence-corrected chi connectivity index (χ4v) is 2.03. The van der Waals surface area contributed by atoms with Gasteiger partial charge in [0.1, 0.15) is 4.90 Å². The van der Waals surface area contributed by atoms with E-state index in [1.807, 2.05) is 0 Å². The van der Waals surface area contributed by atoms with Crippen LogP contribution in [0, 0.1) is 0 Å². The lowest BCUT2D eigenvalue weighted by Gasteiger charge is -2.09. The molecule has 0 aliphatic rings. The van der Waals surface area contributed by atoms with E-state index in [2.05, 4.69) is 4.98 Å². The summed E-state index contributed by atoms with van der Waals surface area (Å²) in [5.74, 6) is -0.297. The summed E-state index contributed by atoms with van der Waals surface area (Å²) >= 11 is 0. The molecule has 1 heterocycles. The molecule has 0 saturated carbocycles. The number of pyridine rings is 1. The van der Waals surface area contributed by atoms with Gasteiger partial charge in [-0.25, -0.2) is 13.4 Å². The maximum atomic E-state index is 11.9. The van der Waals surface area contributed by atoms with E-state index in [0.717, 1.165) is 6.07 Å². The van der Waals surface area contributed by atoms with Gasteiger partial charge < -0.3 is 4.74 Å². The topological polar surface area (TPSA) is 56.3 Å². The number of ether oxygens (including phenoxy) is 1. The van der Waals surface area contributed by atoms with Crippen molar-refractivity contribution in [1.82, 2.24) is 4.98 Å². The molecule has 1 rings (SSSR count). The van der Waals surface area contributed by atoms with Gasteiger partial charge in [0.15, 0.2) is 0 Å². The van der Waals surface area contributed by atoms with Crippen molar-refractivity contribution < 1.29 is 26.3 Å². The zero-order valence-corrected chi connectivity index (χ0v) is 10.5. The van der Waals surface area contributed by atoms with Gasteiger partial charge in [0.2, 0.25) is 5.88 Å². The molecule has 9 heteroatoms. The summed E-state index contributed by atoms with van der Waals surface area (Å²) in [7, 11) is 1.08. The second-order valence-electron chi connectivity index (χ2n) is 3.31. The lowest BCUT2D eigenvalue weighted by Crippen LogP contribution is -2.10. The van der Waals surface area contributed by atoms with Crippen molar-refractivity contribution in [3.8, 4) is 5.88 Å². The number of alkyl halides is 3. The van der Waals surface area contributed by atoms with Crippen LogP contribution in [0.2, 0.25) is 0 Å². The van der Waals surface area contributed by atoms with E-state index in [0.29, 0.717) is 0 Å². The molecule has 102 valence electrons. The molecular weight excluding hydrogens is 295 g/mol. The molecule has 0 aliphatic heterocycles. The quantitative estimate of drug-likeness (QED) is 0.620. The first-order chi connectivity index (χ1) is 8.20. The summed E-state index contributed by atoms with van der Waals surface area (Å²) in [6.07, 6.45) is -4.32. The smallest absolute Gasteiger partial charge is 0.389 e. The van der Waals surface area contributed by atoms with Crippen LogP contribution in [0.4, 0.5) is 13.2 Å². The van der Waals surface area contributed by atoms with Gasteiger partial charge in [-0.05, 0) is 18.6 Å². The molecule has 0 saturated heterocycles. The number of hydrogen-bond acceptors (Lipinski definition) is 4. The zero-order valence-electron chi connectivity index (χ0n) is 8.95. The summed E-state index contributed by atoms with van der Waals surface area (Å²) in [5, 5.41) is 0. The molecule has 1 aromatic heterocycles. The Morgan fingerprint density at radius 1 is 1.39 bits per heavy atom. The molecule has 0 fully saturated rings. The highest BCUT2D eigenvalue weighted by atomic mass is 35.7. The molecule has 0 unspecified atom stereocenters. The van der Waals surface area contributed by atoms with Crippen LogP contribution >= 0.6 is 10.7 Å². The van der Waals surface area contributed by atoms with Gasteiger partial charge in [0.05, 0.1) is 6.61 Å². The van der Waals surface area contributed by atoms with Crippen LogP contribution in [-0.2, 0) is 9.05 Å². The summed E-state index contributed by atoms with van der Waals surface area (Å²) in [6, 6.07) is 2.49. The van der Waals surface area contributed by atoms with E-state index in [1.54, 1.807) is 0 Å². The highest BCUT2D eigenvalue weighted by molar-refractivity contribution is 8.13. The Morgan fingerprint density at radius 3 is 2.61 bits per heavy atom. The Balaban J connectivity index is 2.64. The third-order valence-electron chi connectivity index (χ3n) is 1.84. The van der Waals surface area contributed by atoms with Gasteiger partial charge in [-0.1, -0.05) is 0 Å². The first-order valence-corrected chi connectivity index (χ1v) is 7.10. The number of nitrogens with zero attached hydrogens (tertiary/aromatic N) is 1. The number of aromatic nitrogens is 1. The van der Waals surface area contributed by atoms with Gasteiger partial charge in [0, 0.05) is 23.3 Å². The minimum absolute atomic E-state index is 0.290. The van der Waals surface area contributed by atoms with Crippen molar-refractivity contribution in [3.63, 3.8) is 0 Å². The lowest BCUT2D eigenvalue weighted by molar-refractivity contribution is -0.136. The first-order valence-electron chi connectivity index (χ1n) is 4.79. The summed E-state index contributed by atoms with van der Waals surface area (Å²) in [6.45, 7) is -0.296. The van der Waals surface area contributed by atoms with Gasteiger partial charge in [-0.15, -0.1) is 0 Å². The Hall–Kier alpha value is -1.02. The molecule has 18 heavy (non-hydrogen) atoms. The molecule has 0 radical (unpaired) electrons. The average Bonchev–Trinajstić information content (AvgIpc) is 2.22. The monoisotopic (exact) mass is 303 g/mol. The highest BCUT2D eigenvalue weighted by Crippen LogP contribution is 2.25. The van der Waals surface area contributed by atoms with Crippen molar-refractivity contribution in [2.75, 3.05) is 6.61 Å². The number of hydrogen-bond donors (Lipinski definition) is 0. The van der Waals surface area contributed by atoms with E-state index in [1.165, 1.54) is 12.3 Å². The van der Waals surface area contributed by atoms with Gasteiger partial charge in [0.25, 0.3) is 9.05 Å². The molecule has 1 aromatic rings. The van der Waals surface area contributed by atoms with Crippen LogP contribution in [0.5, 0.6) is 5.88 Å². The van der Waals surface area contributed by atoms with E-state index < -0.39 is 21.6 Å². The maximum absolute atomic E-state index is 11.9. The number of rotatable bonds is 5. The second-order valence-corrected chi connectivity index (χ2v) is 5.85. The van der Waals surface area contributed by atoms with Crippen LogP contribution in [-0.4, -0.2) is 26.2 Å². The van der Waals surface area contributed by atoms with Crippen molar-refractivity contribution in [3.05, 3.63) is 18.3 Å². The SMILES string of the molecule is O=S(=O)(Cl)c1cccnc1OCCCC(F)(F)F. The molecule has 0 N–H and O–H groups in total. The van der Waals surface area contributed by atoms with Crippen molar-refractivity contribution in [1.29, 1.82) is 0 Å². The minimum Gasteiger partial charge on any atom is -0.477 e. The molecule has 0 spiro atoms. The Labute approximate surface area is 106 Å². The Bertz CT molecular complexity index is 504. The molecule has 0 amide bonds. The third kappa shape index (κ3) is 5.09. The van der Waals surface area contributed by atoms with Gasteiger partial charge in [-0.2, -0.15) is 13.2 Å². The largest absolute Gasteiger partial charge is 0.477 e. The minimum atomic E-state index is -4.27. The first kappa shape index (κ1) is 15.0. The van der Waals surface area contributed by atoms with E-state index in [-0.39, 0.29) is 23.8 Å². The van der Waals surface area contributed by atoms with Crippen molar-refractivity contribution >= 4 is 19.7 Å². The summed E-state index contributed by atoms with van der Waals surface area (Å²) < 4.78 is 62.7. The summed E-state index contributed by atoms with van der Waals surface area (Å²) in [5.41, 5.74) is 0. The highest BCUT2D eigenvalue weighted by Gasteiger charge is 2.26. The predicted molar refractivity (Wildman–Crippen MR) is 58.1 cm³/mol. The van der Waals surface area contributed by atoms with E-state index in [9.17, 15) is 21.6 Å². The zero-order chi connectivity index (χ0) is 13.8. The normalized spacial score (nSPS) is 12.4. The van der Waals surface area contributed by atoms with Gasteiger partial charge >= 0.3 is 6.18 Å². The van der Waals surface area contributed by atoms with Crippen LogP contribution in [0.25, 0.3) is 0 Å². The standard InChI is InChI=1S/C9H9ClF3NO3S/c10-18(15,16)7-3-1-5-14-8(7)17-6-2-4-9(11,12)13/h1,3,5H,2,4,6H2. The second kappa shape index (κ2) is 5.75. The molecule has 4 nitrogen and oxygen atoms in total. The molecule has 0 aliphatic carbocycles. The lowest BCUT2D eigenvalue weighted by atomic mass is 10.3. The molecule has 0 atom stereocenters. The predicted octanol–water partition coefficient (Wildman–Crippen LogP) is 2.73. The average molecular weight is 304 g/mol. The van der Waals surface area contributed by atoms with E-state index in [4.69, 9.17) is 15.4 Å². The third-order valence-corrected chi connectivity index (χ3v) is 3.18. The van der Waals surface area contributed by atoms with Crippen molar-refractivity contribution in [2.24, 2.45) is 0 Å². The fourth-order valence-electron chi connectivity index (χ4n) is 1.11. The maximum Gasteiger partial charge on any atom is 0.389 e.